The van der Waals surface area contributed by atoms with Gasteiger partial charge in [0.25, 0.3) is 0 Å². The van der Waals surface area contributed by atoms with Crippen molar-refractivity contribution in [1.82, 2.24) is 4.90 Å². The number of carbonyl (C=O) groups is 1. The first-order valence-corrected chi connectivity index (χ1v) is 10.6. The summed E-state index contributed by atoms with van der Waals surface area (Å²) in [4.78, 5) is 15.1. The van der Waals surface area contributed by atoms with E-state index in [4.69, 9.17) is 17.3 Å². The van der Waals surface area contributed by atoms with E-state index in [1.165, 1.54) is 4.88 Å². The number of thiophene rings is 1. The Morgan fingerprint density at radius 2 is 2.12 bits per heavy atom. The molecule has 0 aromatic carbocycles. The molecule has 0 amide bonds. The number of aliphatic hydroxyl groups is 1. The average molecular weight is 384 g/mol. The third-order valence-corrected chi connectivity index (χ3v) is 6.10. The first-order valence-electron chi connectivity index (χ1n) is 9.28. The van der Waals surface area contributed by atoms with Crippen LogP contribution in [0.2, 0.25) is 0 Å². The molecule has 1 aromatic heterocycles. The molecule has 0 bridgehead atoms. The van der Waals surface area contributed by atoms with Crippen LogP contribution in [-0.2, 0) is 11.2 Å². The molecule has 1 aliphatic heterocycles. The summed E-state index contributed by atoms with van der Waals surface area (Å²) < 4.78 is 0. The molecule has 1 fully saturated rings. The molecule has 6 heteroatoms. The van der Waals surface area contributed by atoms with Gasteiger partial charge in [-0.1, -0.05) is 31.1 Å². The number of aliphatic carboxylic acids is 1. The lowest BCUT2D eigenvalue weighted by atomic mass is 9.95. The van der Waals surface area contributed by atoms with Crippen molar-refractivity contribution >= 4 is 34.5 Å². The number of likely N-dealkylation sites (tertiary alicyclic amines) is 1. The minimum atomic E-state index is -0.703. The zero-order valence-corrected chi connectivity index (χ0v) is 16.4. The summed E-state index contributed by atoms with van der Waals surface area (Å²) in [6.45, 7) is 0.994. The highest BCUT2D eigenvalue weighted by Gasteiger charge is 2.31. The number of rotatable bonds is 13. The zero-order chi connectivity index (χ0) is 18.1. The fourth-order valence-corrected chi connectivity index (χ4v) is 4.56. The Kier molecular flexibility index (Phi) is 8.85. The molecule has 1 saturated heterocycles. The number of nitrogens with zero attached hydrogens (tertiary/aromatic N) is 1. The Morgan fingerprint density at radius 3 is 2.80 bits per heavy atom. The van der Waals surface area contributed by atoms with Crippen LogP contribution >= 0.6 is 23.6 Å². The fourth-order valence-electron chi connectivity index (χ4n) is 3.35. The van der Waals surface area contributed by atoms with Gasteiger partial charge in [0.15, 0.2) is 0 Å². The van der Waals surface area contributed by atoms with Crippen molar-refractivity contribution in [3.05, 3.63) is 22.4 Å². The van der Waals surface area contributed by atoms with Crippen molar-refractivity contribution in [2.24, 2.45) is 0 Å². The van der Waals surface area contributed by atoms with Gasteiger partial charge in [0.1, 0.15) is 0 Å². The van der Waals surface area contributed by atoms with Gasteiger partial charge in [-0.3, -0.25) is 4.79 Å². The Labute approximate surface area is 159 Å². The molecular weight excluding hydrogens is 354 g/mol. The minimum Gasteiger partial charge on any atom is -0.481 e. The van der Waals surface area contributed by atoms with Gasteiger partial charge < -0.3 is 15.1 Å². The lowest BCUT2D eigenvalue weighted by molar-refractivity contribution is -0.137. The van der Waals surface area contributed by atoms with E-state index in [-0.39, 0.29) is 12.5 Å². The quantitative estimate of drug-likeness (QED) is 0.394. The molecule has 25 heavy (non-hydrogen) atoms. The summed E-state index contributed by atoms with van der Waals surface area (Å²) in [6, 6.07) is 4.65. The number of aliphatic hydroxyl groups excluding tert-OH is 1. The lowest BCUT2D eigenvalue weighted by Gasteiger charge is -2.44. The third-order valence-electron chi connectivity index (χ3n) is 4.80. The molecule has 140 valence electrons. The summed E-state index contributed by atoms with van der Waals surface area (Å²) >= 11 is 7.10. The summed E-state index contributed by atoms with van der Waals surface area (Å²) in [7, 11) is 0. The Bertz CT molecular complexity index is 533. The highest BCUT2D eigenvalue weighted by atomic mass is 32.1. The summed E-state index contributed by atoms with van der Waals surface area (Å²) in [5, 5.41) is 20.8. The van der Waals surface area contributed by atoms with Crippen LogP contribution in [0.1, 0.15) is 62.7 Å². The topological polar surface area (TPSA) is 60.8 Å². The molecule has 1 aromatic rings. The number of hydrogen-bond acceptors (Lipinski definition) is 4. The first kappa shape index (κ1) is 20.3. The van der Waals surface area contributed by atoms with Crippen LogP contribution < -0.4 is 0 Å². The van der Waals surface area contributed by atoms with Gasteiger partial charge in [-0.15, -0.1) is 11.3 Å². The maximum absolute atomic E-state index is 10.5. The van der Waals surface area contributed by atoms with E-state index < -0.39 is 5.97 Å². The molecule has 0 aliphatic carbocycles. The van der Waals surface area contributed by atoms with Gasteiger partial charge >= 0.3 is 5.97 Å². The molecule has 0 saturated carbocycles. The van der Waals surface area contributed by atoms with E-state index in [2.05, 4.69) is 16.3 Å². The van der Waals surface area contributed by atoms with Crippen molar-refractivity contribution in [2.45, 2.75) is 76.4 Å². The van der Waals surface area contributed by atoms with E-state index in [0.29, 0.717) is 6.04 Å². The van der Waals surface area contributed by atoms with Crippen LogP contribution in [0.15, 0.2) is 17.5 Å². The van der Waals surface area contributed by atoms with Crippen LogP contribution in [0.25, 0.3) is 0 Å². The smallest absolute Gasteiger partial charge is 0.303 e. The van der Waals surface area contributed by atoms with Crippen molar-refractivity contribution in [3.63, 3.8) is 0 Å². The van der Waals surface area contributed by atoms with Crippen LogP contribution in [0.5, 0.6) is 0 Å². The summed E-state index contributed by atoms with van der Waals surface area (Å²) in [6.07, 6.45) is 8.69. The Balaban J connectivity index is 1.54. The van der Waals surface area contributed by atoms with Gasteiger partial charge in [0, 0.05) is 36.7 Å². The molecular formula is C19H29NO3S2. The van der Waals surface area contributed by atoms with Crippen LogP contribution in [0, 0.1) is 0 Å². The Hall–Kier alpha value is -0.980. The van der Waals surface area contributed by atoms with Gasteiger partial charge in [-0.05, 0) is 43.6 Å². The van der Waals surface area contributed by atoms with E-state index in [1.807, 2.05) is 6.07 Å². The molecule has 2 N–H and O–H groups in total. The van der Waals surface area contributed by atoms with E-state index >= 15 is 0 Å². The predicted octanol–water partition coefficient (Wildman–Crippen LogP) is 4.26. The number of hydrogen-bond donors (Lipinski definition) is 2. The number of unbranched alkanes of at least 4 members (excludes halogenated alkanes) is 3. The first-order chi connectivity index (χ1) is 12.1. The largest absolute Gasteiger partial charge is 0.481 e. The van der Waals surface area contributed by atoms with Gasteiger partial charge in [-0.2, -0.15) is 0 Å². The van der Waals surface area contributed by atoms with Gasteiger partial charge in [-0.25, -0.2) is 0 Å². The second-order valence-corrected chi connectivity index (χ2v) is 8.37. The molecule has 1 aliphatic rings. The average Bonchev–Trinajstić information content (AvgIpc) is 3.05. The number of thiocarbonyl (C=S) groups is 1. The zero-order valence-electron chi connectivity index (χ0n) is 14.7. The SMILES string of the molecule is O=C(O)CCCCCCN1C(=S)C[C@@H]1CCCC(O)Cc1cccs1. The monoisotopic (exact) mass is 383 g/mol. The van der Waals surface area contributed by atoms with E-state index in [9.17, 15) is 9.90 Å². The highest BCUT2D eigenvalue weighted by Crippen LogP contribution is 2.26. The van der Waals surface area contributed by atoms with Gasteiger partial charge in [0.2, 0.25) is 0 Å². The summed E-state index contributed by atoms with van der Waals surface area (Å²) in [5.41, 5.74) is 0. The molecule has 4 nitrogen and oxygen atoms in total. The maximum atomic E-state index is 10.5. The molecule has 0 radical (unpaired) electrons. The van der Waals surface area contributed by atoms with Crippen molar-refractivity contribution in [3.8, 4) is 0 Å². The molecule has 0 spiro atoms. The maximum Gasteiger partial charge on any atom is 0.303 e. The molecule has 2 atom stereocenters. The number of carboxylic acids is 1. The normalized spacial score (nSPS) is 18.2. The minimum absolute atomic E-state index is 0.242. The van der Waals surface area contributed by atoms with Crippen LogP contribution in [0.4, 0.5) is 0 Å². The Morgan fingerprint density at radius 1 is 1.32 bits per heavy atom. The van der Waals surface area contributed by atoms with E-state index in [0.717, 1.165) is 69.3 Å². The van der Waals surface area contributed by atoms with Crippen molar-refractivity contribution < 1.29 is 15.0 Å². The van der Waals surface area contributed by atoms with Crippen molar-refractivity contribution in [1.29, 1.82) is 0 Å². The lowest BCUT2D eigenvalue weighted by Crippen LogP contribution is -2.51. The van der Waals surface area contributed by atoms with E-state index in [1.54, 1.807) is 11.3 Å². The fraction of sp³-hybridized carbons (Fsp3) is 0.684. The molecule has 2 heterocycles. The van der Waals surface area contributed by atoms with Crippen LogP contribution in [-0.4, -0.2) is 44.8 Å². The molecule has 1 unspecified atom stereocenters. The second-order valence-electron chi connectivity index (χ2n) is 6.87. The number of carboxylic acid groups (broad SMARTS) is 1. The predicted molar refractivity (Wildman–Crippen MR) is 106 cm³/mol. The third kappa shape index (κ3) is 7.42. The van der Waals surface area contributed by atoms with Gasteiger partial charge in [0.05, 0.1) is 11.1 Å². The standard InChI is InChI=1S/C19H29NO3S2/c21-16(14-17-9-6-12-25-17)8-5-7-15-13-18(24)20(15)11-4-2-1-3-10-19(22)23/h6,9,12,15-16,21H,1-5,7-8,10-11,13-14H2,(H,22,23)/t15-,16?/m0/s1. The second kappa shape index (κ2) is 10.9. The van der Waals surface area contributed by atoms with Crippen molar-refractivity contribution in [2.75, 3.05) is 6.54 Å². The highest BCUT2D eigenvalue weighted by molar-refractivity contribution is 7.80. The molecule has 2 rings (SSSR count). The summed E-state index contributed by atoms with van der Waals surface area (Å²) in [5.74, 6) is -0.703. The van der Waals surface area contributed by atoms with Crippen LogP contribution in [0.3, 0.4) is 0 Å².